The molecule has 1 fully saturated rings. The Labute approximate surface area is 166 Å². The summed E-state index contributed by atoms with van der Waals surface area (Å²) < 4.78 is 19.7. The minimum atomic E-state index is -0.184. The molecule has 0 spiro atoms. The van der Waals surface area contributed by atoms with Crippen LogP contribution < -0.4 is 10.1 Å². The molecular formula is C23H29FN2O2. The van der Waals surface area contributed by atoms with E-state index in [1.165, 1.54) is 0 Å². The van der Waals surface area contributed by atoms with Crippen molar-refractivity contribution in [2.24, 2.45) is 0 Å². The molecule has 4 nitrogen and oxygen atoms in total. The molecule has 2 aromatic carbocycles. The van der Waals surface area contributed by atoms with Crippen LogP contribution in [-0.4, -0.2) is 30.5 Å². The molecule has 1 saturated heterocycles. The lowest BCUT2D eigenvalue weighted by molar-refractivity contribution is -0.132. The summed E-state index contributed by atoms with van der Waals surface area (Å²) in [5, 5.41) is 3.49. The number of halogens is 1. The van der Waals surface area contributed by atoms with Crippen LogP contribution in [0.1, 0.15) is 48.9 Å². The molecule has 1 aliphatic heterocycles. The smallest absolute Gasteiger partial charge is 0.260 e. The van der Waals surface area contributed by atoms with Crippen molar-refractivity contribution in [3.8, 4) is 5.75 Å². The zero-order valence-electron chi connectivity index (χ0n) is 16.7. The molecule has 0 bridgehead atoms. The van der Waals surface area contributed by atoms with Gasteiger partial charge >= 0.3 is 0 Å². The maximum atomic E-state index is 13.8. The van der Waals surface area contributed by atoms with Crippen LogP contribution in [0.4, 0.5) is 4.39 Å². The van der Waals surface area contributed by atoms with E-state index < -0.39 is 0 Å². The van der Waals surface area contributed by atoms with E-state index in [1.807, 2.05) is 35.2 Å². The van der Waals surface area contributed by atoms with Crippen LogP contribution >= 0.6 is 0 Å². The fraction of sp³-hybridized carbons (Fsp3) is 0.435. The Morgan fingerprint density at radius 1 is 1.21 bits per heavy atom. The molecule has 0 aliphatic carbocycles. The van der Waals surface area contributed by atoms with Crippen LogP contribution in [0.15, 0.2) is 42.5 Å². The first-order chi connectivity index (χ1) is 13.6. The summed E-state index contributed by atoms with van der Waals surface area (Å²) in [7, 11) is 0. The zero-order valence-corrected chi connectivity index (χ0v) is 16.7. The van der Waals surface area contributed by atoms with E-state index in [-0.39, 0.29) is 24.4 Å². The highest BCUT2D eigenvalue weighted by atomic mass is 19.1. The maximum Gasteiger partial charge on any atom is 0.260 e. The number of ether oxygens (including phenoxy) is 1. The molecule has 1 amide bonds. The molecule has 0 saturated carbocycles. The molecule has 3 rings (SSSR count). The van der Waals surface area contributed by atoms with Crippen molar-refractivity contribution in [1.29, 1.82) is 0 Å². The Kier molecular flexibility index (Phi) is 7.04. The molecule has 1 N–H and O–H groups in total. The number of likely N-dealkylation sites (tertiary alicyclic amines) is 1. The Morgan fingerprint density at radius 3 is 2.68 bits per heavy atom. The maximum absolute atomic E-state index is 13.8. The van der Waals surface area contributed by atoms with Gasteiger partial charge in [0, 0.05) is 31.2 Å². The standard InChI is InChI=1S/C23H29FN2O2/c1-3-21(25-15-18-11-10-17(2)20(24)14-18)19-8-4-5-9-22(19)28-16-23(27)26-12-6-7-13-26/h4-5,8-11,14,21,25H,3,6-7,12-13,15-16H2,1-2H3. The first-order valence-electron chi connectivity index (χ1n) is 10.1. The predicted octanol–water partition coefficient (Wildman–Crippen LogP) is 4.38. The molecule has 1 heterocycles. The SMILES string of the molecule is CCC(NCc1ccc(C)c(F)c1)c1ccccc1OCC(=O)N1CCCC1. The van der Waals surface area contributed by atoms with Crippen molar-refractivity contribution in [1.82, 2.24) is 10.2 Å². The van der Waals surface area contributed by atoms with Gasteiger partial charge in [-0.2, -0.15) is 0 Å². The van der Waals surface area contributed by atoms with Crippen LogP contribution in [0.25, 0.3) is 0 Å². The summed E-state index contributed by atoms with van der Waals surface area (Å²) in [6, 6.07) is 13.2. The summed E-state index contributed by atoms with van der Waals surface area (Å²) in [5.74, 6) is 0.587. The van der Waals surface area contributed by atoms with Crippen molar-refractivity contribution in [2.75, 3.05) is 19.7 Å². The lowest BCUT2D eigenvalue weighted by Crippen LogP contribution is -2.32. The average Bonchev–Trinajstić information content (AvgIpc) is 3.25. The van der Waals surface area contributed by atoms with Crippen molar-refractivity contribution in [3.05, 3.63) is 65.0 Å². The first kappa shape index (κ1) is 20.3. The van der Waals surface area contributed by atoms with Gasteiger partial charge in [-0.15, -0.1) is 0 Å². The van der Waals surface area contributed by atoms with Gasteiger partial charge in [-0.25, -0.2) is 4.39 Å². The average molecular weight is 384 g/mol. The van der Waals surface area contributed by atoms with Crippen molar-refractivity contribution >= 4 is 5.91 Å². The fourth-order valence-electron chi connectivity index (χ4n) is 3.56. The minimum absolute atomic E-state index is 0.0449. The zero-order chi connectivity index (χ0) is 19.9. The van der Waals surface area contributed by atoms with Crippen LogP contribution in [0.5, 0.6) is 5.75 Å². The van der Waals surface area contributed by atoms with E-state index in [2.05, 4.69) is 12.2 Å². The number of hydrogen-bond donors (Lipinski definition) is 1. The van der Waals surface area contributed by atoms with Gasteiger partial charge in [-0.05, 0) is 49.4 Å². The molecular weight excluding hydrogens is 355 g/mol. The molecule has 1 aliphatic rings. The Morgan fingerprint density at radius 2 is 1.96 bits per heavy atom. The first-order valence-corrected chi connectivity index (χ1v) is 10.1. The number of nitrogens with one attached hydrogen (secondary N) is 1. The number of para-hydroxylation sites is 1. The minimum Gasteiger partial charge on any atom is -0.483 e. The number of rotatable bonds is 8. The highest BCUT2D eigenvalue weighted by Crippen LogP contribution is 2.28. The molecule has 0 aromatic heterocycles. The third-order valence-corrected chi connectivity index (χ3v) is 5.30. The van der Waals surface area contributed by atoms with Gasteiger partial charge in [0.1, 0.15) is 11.6 Å². The number of benzene rings is 2. The van der Waals surface area contributed by atoms with Crippen molar-refractivity contribution in [3.63, 3.8) is 0 Å². The highest BCUT2D eigenvalue weighted by molar-refractivity contribution is 5.78. The molecule has 150 valence electrons. The Balaban J connectivity index is 1.64. The Bertz CT molecular complexity index is 803. The summed E-state index contributed by atoms with van der Waals surface area (Å²) in [4.78, 5) is 14.2. The second-order valence-corrected chi connectivity index (χ2v) is 7.34. The number of carbonyl (C=O) groups excluding carboxylic acids is 1. The van der Waals surface area contributed by atoms with Crippen LogP contribution in [0.3, 0.4) is 0 Å². The second-order valence-electron chi connectivity index (χ2n) is 7.34. The molecule has 0 radical (unpaired) electrons. The topological polar surface area (TPSA) is 41.6 Å². The number of amides is 1. The van der Waals surface area contributed by atoms with Gasteiger partial charge in [-0.3, -0.25) is 4.79 Å². The number of carbonyl (C=O) groups is 1. The molecule has 5 heteroatoms. The number of aryl methyl sites for hydroxylation is 1. The number of hydrogen-bond acceptors (Lipinski definition) is 3. The Hall–Kier alpha value is -2.40. The molecule has 1 unspecified atom stereocenters. The lowest BCUT2D eigenvalue weighted by Gasteiger charge is -2.22. The van der Waals surface area contributed by atoms with Crippen LogP contribution in [0, 0.1) is 12.7 Å². The quantitative estimate of drug-likeness (QED) is 0.735. The predicted molar refractivity (Wildman–Crippen MR) is 109 cm³/mol. The third-order valence-electron chi connectivity index (χ3n) is 5.30. The summed E-state index contributed by atoms with van der Waals surface area (Å²) >= 11 is 0. The van der Waals surface area contributed by atoms with E-state index in [1.54, 1.807) is 19.1 Å². The van der Waals surface area contributed by atoms with Crippen LogP contribution in [0.2, 0.25) is 0 Å². The summed E-state index contributed by atoms with van der Waals surface area (Å²) in [6.45, 7) is 6.15. The number of nitrogens with zero attached hydrogens (tertiary/aromatic N) is 1. The van der Waals surface area contributed by atoms with Gasteiger partial charge in [0.2, 0.25) is 0 Å². The van der Waals surface area contributed by atoms with Crippen molar-refractivity contribution < 1.29 is 13.9 Å². The van der Waals surface area contributed by atoms with Gasteiger partial charge in [0.25, 0.3) is 5.91 Å². The molecule has 2 aromatic rings. The van der Waals surface area contributed by atoms with Gasteiger partial charge < -0.3 is 15.0 Å². The lowest BCUT2D eigenvalue weighted by atomic mass is 10.0. The monoisotopic (exact) mass is 384 g/mol. The van der Waals surface area contributed by atoms with E-state index in [4.69, 9.17) is 4.74 Å². The van der Waals surface area contributed by atoms with E-state index in [0.29, 0.717) is 12.1 Å². The molecule has 28 heavy (non-hydrogen) atoms. The molecule has 1 atom stereocenters. The summed E-state index contributed by atoms with van der Waals surface area (Å²) in [5.41, 5.74) is 2.58. The van der Waals surface area contributed by atoms with E-state index in [0.717, 1.165) is 49.2 Å². The normalized spacial score (nSPS) is 14.9. The van der Waals surface area contributed by atoms with Gasteiger partial charge in [0.15, 0.2) is 6.61 Å². The van der Waals surface area contributed by atoms with E-state index >= 15 is 0 Å². The fourth-order valence-corrected chi connectivity index (χ4v) is 3.56. The third kappa shape index (κ3) is 5.10. The van der Waals surface area contributed by atoms with E-state index in [9.17, 15) is 9.18 Å². The van der Waals surface area contributed by atoms with Gasteiger partial charge in [-0.1, -0.05) is 37.3 Å². The van der Waals surface area contributed by atoms with Crippen LogP contribution in [-0.2, 0) is 11.3 Å². The summed E-state index contributed by atoms with van der Waals surface area (Å²) in [6.07, 6.45) is 3.00. The second kappa shape index (κ2) is 9.69. The largest absolute Gasteiger partial charge is 0.483 e. The van der Waals surface area contributed by atoms with Crippen molar-refractivity contribution in [2.45, 2.75) is 45.7 Å². The highest BCUT2D eigenvalue weighted by Gasteiger charge is 2.20. The van der Waals surface area contributed by atoms with Gasteiger partial charge in [0.05, 0.1) is 0 Å².